The van der Waals surface area contributed by atoms with Crippen molar-refractivity contribution in [1.82, 2.24) is 5.32 Å². The number of amides is 2. The smallest absolute Gasteiger partial charge is 0.319 e. The number of anilines is 2. The van der Waals surface area contributed by atoms with Crippen molar-refractivity contribution in [1.29, 1.82) is 0 Å². The molecule has 0 saturated heterocycles. The van der Waals surface area contributed by atoms with Gasteiger partial charge in [-0.15, -0.1) is 0 Å². The van der Waals surface area contributed by atoms with Gasteiger partial charge in [0.2, 0.25) is 0 Å². The van der Waals surface area contributed by atoms with Gasteiger partial charge in [-0.25, -0.2) is 4.79 Å². The average molecular weight is 253 g/mol. The maximum atomic E-state index is 11.6. The van der Waals surface area contributed by atoms with Gasteiger partial charge in [-0.05, 0) is 18.2 Å². The van der Waals surface area contributed by atoms with Gasteiger partial charge in [-0.2, -0.15) is 0 Å². The summed E-state index contributed by atoms with van der Waals surface area (Å²) in [4.78, 5) is 11.6. The van der Waals surface area contributed by atoms with Crippen molar-refractivity contribution in [2.45, 2.75) is 6.10 Å². The fourth-order valence-electron chi connectivity index (χ4n) is 1.39. The molecule has 1 unspecified atom stereocenters. The molecule has 1 atom stereocenters. The van der Waals surface area contributed by atoms with Crippen LogP contribution in [0.2, 0.25) is 0 Å². The first-order valence-electron chi connectivity index (χ1n) is 5.58. The van der Waals surface area contributed by atoms with Crippen molar-refractivity contribution in [3.8, 4) is 0 Å². The quantitative estimate of drug-likeness (QED) is 0.661. The van der Waals surface area contributed by atoms with Gasteiger partial charge in [-0.1, -0.05) is 6.07 Å². The summed E-state index contributed by atoms with van der Waals surface area (Å²) in [6.07, 6.45) is -0.165. The molecule has 0 bridgehead atoms. The predicted molar refractivity (Wildman–Crippen MR) is 70.5 cm³/mol. The SMILES string of the molecule is COCC(CNC(=O)Nc1cccc(N)c1)OC. The van der Waals surface area contributed by atoms with Gasteiger partial charge >= 0.3 is 6.03 Å². The number of hydrogen-bond donors (Lipinski definition) is 3. The van der Waals surface area contributed by atoms with Gasteiger partial charge in [-0.3, -0.25) is 0 Å². The zero-order chi connectivity index (χ0) is 13.4. The molecule has 0 aliphatic heterocycles. The summed E-state index contributed by atoms with van der Waals surface area (Å²) in [6, 6.07) is 6.66. The monoisotopic (exact) mass is 253 g/mol. The Morgan fingerprint density at radius 2 is 2.22 bits per heavy atom. The highest BCUT2D eigenvalue weighted by molar-refractivity contribution is 5.89. The fraction of sp³-hybridized carbons (Fsp3) is 0.417. The number of benzene rings is 1. The van der Waals surface area contributed by atoms with E-state index < -0.39 is 0 Å². The summed E-state index contributed by atoms with van der Waals surface area (Å²) < 4.78 is 10.1. The Labute approximate surface area is 106 Å². The van der Waals surface area contributed by atoms with Crippen molar-refractivity contribution >= 4 is 17.4 Å². The molecule has 6 nitrogen and oxygen atoms in total. The molecule has 2 amide bonds. The molecule has 4 N–H and O–H groups in total. The number of hydrogen-bond acceptors (Lipinski definition) is 4. The van der Waals surface area contributed by atoms with E-state index >= 15 is 0 Å². The summed E-state index contributed by atoms with van der Waals surface area (Å²) in [7, 11) is 3.15. The second kappa shape index (κ2) is 7.52. The third-order valence-corrected chi connectivity index (χ3v) is 2.32. The summed E-state index contributed by atoms with van der Waals surface area (Å²) in [5, 5.41) is 5.37. The van der Waals surface area contributed by atoms with E-state index in [-0.39, 0.29) is 12.1 Å². The normalized spacial score (nSPS) is 11.9. The Bertz CT molecular complexity index is 385. The van der Waals surface area contributed by atoms with E-state index in [0.29, 0.717) is 24.5 Å². The molecule has 1 aromatic carbocycles. The lowest BCUT2D eigenvalue weighted by molar-refractivity contribution is 0.0307. The number of carbonyl (C=O) groups excluding carboxylic acids is 1. The van der Waals surface area contributed by atoms with E-state index in [2.05, 4.69) is 10.6 Å². The first-order valence-corrected chi connectivity index (χ1v) is 5.58. The van der Waals surface area contributed by atoms with E-state index in [0.717, 1.165) is 0 Å². The van der Waals surface area contributed by atoms with Crippen LogP contribution in [0, 0.1) is 0 Å². The Morgan fingerprint density at radius 3 is 2.83 bits per heavy atom. The molecule has 0 heterocycles. The molecule has 1 aromatic rings. The Morgan fingerprint density at radius 1 is 1.44 bits per heavy atom. The first-order chi connectivity index (χ1) is 8.65. The Balaban J connectivity index is 2.37. The zero-order valence-electron chi connectivity index (χ0n) is 10.6. The van der Waals surface area contributed by atoms with Crippen LogP contribution in [-0.2, 0) is 9.47 Å². The predicted octanol–water partition coefficient (Wildman–Crippen LogP) is 1.05. The fourth-order valence-corrected chi connectivity index (χ4v) is 1.39. The summed E-state index contributed by atoms with van der Waals surface area (Å²) in [5.41, 5.74) is 6.85. The minimum absolute atomic E-state index is 0.165. The molecule has 1 rings (SSSR count). The second-order valence-electron chi connectivity index (χ2n) is 3.77. The first kappa shape index (κ1) is 14.3. The van der Waals surface area contributed by atoms with E-state index in [9.17, 15) is 4.79 Å². The second-order valence-corrected chi connectivity index (χ2v) is 3.77. The molecule has 0 aliphatic carbocycles. The van der Waals surface area contributed by atoms with Crippen LogP contribution >= 0.6 is 0 Å². The van der Waals surface area contributed by atoms with Crippen molar-refractivity contribution in [3.05, 3.63) is 24.3 Å². The number of carbonyl (C=O) groups is 1. The van der Waals surface area contributed by atoms with E-state index in [1.807, 2.05) is 0 Å². The molecule has 0 fully saturated rings. The number of nitrogens with one attached hydrogen (secondary N) is 2. The maximum Gasteiger partial charge on any atom is 0.319 e. The lowest BCUT2D eigenvalue weighted by Crippen LogP contribution is -2.37. The Hall–Kier alpha value is -1.79. The topological polar surface area (TPSA) is 85.6 Å². The van der Waals surface area contributed by atoms with Gasteiger partial charge in [0.05, 0.1) is 12.7 Å². The van der Waals surface area contributed by atoms with Gasteiger partial charge in [0.25, 0.3) is 0 Å². The van der Waals surface area contributed by atoms with Gasteiger partial charge in [0, 0.05) is 32.1 Å². The average Bonchev–Trinajstić information content (AvgIpc) is 2.34. The molecule has 100 valence electrons. The highest BCUT2D eigenvalue weighted by atomic mass is 16.5. The van der Waals surface area contributed by atoms with Crippen LogP contribution < -0.4 is 16.4 Å². The molecule has 6 heteroatoms. The van der Waals surface area contributed by atoms with Crippen molar-refractivity contribution in [3.63, 3.8) is 0 Å². The third kappa shape index (κ3) is 5.03. The molecule has 0 radical (unpaired) electrons. The molecule has 0 aromatic heterocycles. The minimum Gasteiger partial charge on any atom is -0.399 e. The van der Waals surface area contributed by atoms with Crippen molar-refractivity contribution in [2.24, 2.45) is 0 Å². The van der Waals surface area contributed by atoms with Crippen LogP contribution in [0.15, 0.2) is 24.3 Å². The van der Waals surface area contributed by atoms with Crippen LogP contribution in [0.1, 0.15) is 0 Å². The number of nitrogen functional groups attached to an aromatic ring is 1. The van der Waals surface area contributed by atoms with Gasteiger partial charge in [0.1, 0.15) is 0 Å². The number of methoxy groups -OCH3 is 2. The number of ether oxygens (including phenoxy) is 2. The van der Waals surface area contributed by atoms with Crippen LogP contribution in [0.3, 0.4) is 0 Å². The van der Waals surface area contributed by atoms with Crippen molar-refractivity contribution < 1.29 is 14.3 Å². The van der Waals surface area contributed by atoms with Gasteiger partial charge < -0.3 is 25.8 Å². The maximum absolute atomic E-state index is 11.6. The highest BCUT2D eigenvalue weighted by Crippen LogP contribution is 2.11. The molecular weight excluding hydrogens is 234 g/mol. The Kier molecular flexibility index (Phi) is 5.96. The van der Waals surface area contributed by atoms with E-state index in [4.69, 9.17) is 15.2 Å². The summed E-state index contributed by atoms with van der Waals surface area (Å²) in [5.74, 6) is 0. The standard InChI is InChI=1S/C12H19N3O3/c1-17-8-11(18-2)7-14-12(16)15-10-5-3-4-9(13)6-10/h3-6,11H,7-8,13H2,1-2H3,(H2,14,15,16). The number of urea groups is 1. The molecule has 0 saturated carbocycles. The highest BCUT2D eigenvalue weighted by Gasteiger charge is 2.09. The van der Waals surface area contributed by atoms with E-state index in [1.165, 1.54) is 0 Å². The van der Waals surface area contributed by atoms with Crippen LogP contribution in [0.25, 0.3) is 0 Å². The van der Waals surface area contributed by atoms with Crippen LogP contribution in [-0.4, -0.2) is 39.5 Å². The lowest BCUT2D eigenvalue weighted by Gasteiger charge is -2.15. The largest absolute Gasteiger partial charge is 0.399 e. The zero-order valence-corrected chi connectivity index (χ0v) is 10.6. The summed E-state index contributed by atoms with van der Waals surface area (Å²) >= 11 is 0. The molecule has 0 spiro atoms. The summed E-state index contributed by atoms with van der Waals surface area (Å²) in [6.45, 7) is 0.799. The number of rotatable bonds is 6. The minimum atomic E-state index is -0.307. The van der Waals surface area contributed by atoms with Crippen LogP contribution in [0.4, 0.5) is 16.2 Å². The molecule has 18 heavy (non-hydrogen) atoms. The van der Waals surface area contributed by atoms with Gasteiger partial charge in [0.15, 0.2) is 0 Å². The van der Waals surface area contributed by atoms with Crippen LogP contribution in [0.5, 0.6) is 0 Å². The molecular formula is C12H19N3O3. The number of nitrogens with two attached hydrogens (primary N) is 1. The third-order valence-electron chi connectivity index (χ3n) is 2.32. The van der Waals surface area contributed by atoms with E-state index in [1.54, 1.807) is 38.5 Å². The van der Waals surface area contributed by atoms with Crippen molar-refractivity contribution in [2.75, 3.05) is 38.4 Å². The lowest BCUT2D eigenvalue weighted by atomic mass is 10.3. The molecule has 0 aliphatic rings.